The van der Waals surface area contributed by atoms with Gasteiger partial charge in [0.25, 0.3) is 0 Å². The zero-order chi connectivity index (χ0) is 15.4. The molecule has 2 aromatic carbocycles. The van der Waals surface area contributed by atoms with Crippen molar-refractivity contribution < 1.29 is 13.9 Å². The molecule has 0 N–H and O–H groups in total. The number of ether oxygens (including phenoxy) is 1. The molecular weight excluding hydrogens is 269 g/mol. The Morgan fingerprint density at radius 2 is 2.00 bits per heavy atom. The predicted molar refractivity (Wildman–Crippen MR) is 76.8 cm³/mol. The highest BCUT2D eigenvalue weighted by molar-refractivity contribution is 6.05. The lowest BCUT2D eigenvalue weighted by atomic mass is 9.90. The number of carbonyl (C=O) groups excluding carboxylic acids is 1. The van der Waals surface area contributed by atoms with Gasteiger partial charge in [0, 0.05) is 5.56 Å². The van der Waals surface area contributed by atoms with Crippen molar-refractivity contribution in [2.75, 3.05) is 7.11 Å². The van der Waals surface area contributed by atoms with Gasteiger partial charge in [-0.2, -0.15) is 5.26 Å². The lowest BCUT2D eigenvalue weighted by molar-refractivity contribution is 0.0974. The van der Waals surface area contributed by atoms with Crippen molar-refractivity contribution in [1.29, 1.82) is 5.26 Å². The molecule has 0 spiro atoms. The minimum absolute atomic E-state index is 0.0774. The summed E-state index contributed by atoms with van der Waals surface area (Å²) in [4.78, 5) is 12.6. The van der Waals surface area contributed by atoms with E-state index >= 15 is 0 Å². The van der Waals surface area contributed by atoms with Gasteiger partial charge in [-0.3, -0.25) is 4.79 Å². The Labute approximate surface area is 122 Å². The summed E-state index contributed by atoms with van der Waals surface area (Å²) < 4.78 is 19.0. The minimum Gasteiger partial charge on any atom is -0.496 e. The number of hydrogen-bond donors (Lipinski definition) is 0. The molecule has 0 saturated carbocycles. The number of carbonyl (C=O) groups is 1. The molecular formula is C17H14FNO2. The summed E-state index contributed by atoms with van der Waals surface area (Å²) in [6, 6.07) is 12.8. The number of nitriles is 1. The third kappa shape index (κ3) is 2.92. The zero-order valence-corrected chi connectivity index (χ0v) is 11.8. The number of nitrogens with zero attached hydrogens (tertiary/aromatic N) is 1. The molecule has 0 bridgehead atoms. The van der Waals surface area contributed by atoms with E-state index in [4.69, 9.17) is 4.74 Å². The second-order valence-corrected chi connectivity index (χ2v) is 4.65. The lowest BCUT2D eigenvalue weighted by Gasteiger charge is -2.13. The van der Waals surface area contributed by atoms with Crippen LogP contribution in [0.3, 0.4) is 0 Å². The van der Waals surface area contributed by atoms with Crippen LogP contribution in [0.15, 0.2) is 42.5 Å². The van der Waals surface area contributed by atoms with Crippen LogP contribution >= 0.6 is 0 Å². The molecule has 1 unspecified atom stereocenters. The number of hydrogen-bond acceptors (Lipinski definition) is 3. The number of Topliss-reactive ketones (excluding diaryl/α,β-unsaturated/α-hetero) is 1. The molecule has 0 saturated heterocycles. The van der Waals surface area contributed by atoms with Crippen LogP contribution in [0.5, 0.6) is 5.75 Å². The topological polar surface area (TPSA) is 50.1 Å². The van der Waals surface area contributed by atoms with Crippen LogP contribution < -0.4 is 4.74 Å². The summed E-state index contributed by atoms with van der Waals surface area (Å²) >= 11 is 0. The average molecular weight is 283 g/mol. The number of benzene rings is 2. The third-order valence-electron chi connectivity index (χ3n) is 3.23. The number of rotatable bonds is 4. The Kier molecular flexibility index (Phi) is 4.34. The molecule has 2 rings (SSSR count). The molecule has 4 heteroatoms. The molecule has 21 heavy (non-hydrogen) atoms. The van der Waals surface area contributed by atoms with Crippen LogP contribution in [-0.2, 0) is 0 Å². The van der Waals surface area contributed by atoms with E-state index in [2.05, 4.69) is 0 Å². The first-order chi connectivity index (χ1) is 10.1. The molecule has 0 aliphatic carbocycles. The highest BCUT2D eigenvalue weighted by Gasteiger charge is 2.26. The van der Waals surface area contributed by atoms with Crippen molar-refractivity contribution in [3.05, 3.63) is 65.0 Å². The van der Waals surface area contributed by atoms with Crippen LogP contribution in [0, 0.1) is 24.1 Å². The van der Waals surface area contributed by atoms with Crippen molar-refractivity contribution in [3.63, 3.8) is 0 Å². The summed E-state index contributed by atoms with van der Waals surface area (Å²) in [5, 5.41) is 9.29. The predicted octanol–water partition coefficient (Wildman–Crippen LogP) is 3.63. The Hall–Kier alpha value is -2.67. The SMILES string of the molecule is COc1ccc(C)cc1C(=O)C(C#N)c1ccccc1F. The first kappa shape index (κ1) is 14.7. The van der Waals surface area contributed by atoms with Gasteiger partial charge in [-0.1, -0.05) is 29.8 Å². The second kappa shape index (κ2) is 6.19. The van der Waals surface area contributed by atoms with Crippen molar-refractivity contribution in [2.45, 2.75) is 12.8 Å². The van der Waals surface area contributed by atoms with E-state index < -0.39 is 17.5 Å². The average Bonchev–Trinajstić information content (AvgIpc) is 2.49. The molecule has 1 atom stereocenters. The quantitative estimate of drug-likeness (QED) is 0.805. The van der Waals surface area contributed by atoms with Crippen LogP contribution in [0.4, 0.5) is 4.39 Å². The van der Waals surface area contributed by atoms with E-state index in [1.165, 1.54) is 25.3 Å². The van der Waals surface area contributed by atoms with Gasteiger partial charge in [0.1, 0.15) is 17.5 Å². The summed E-state index contributed by atoms with van der Waals surface area (Å²) in [7, 11) is 1.45. The first-order valence-electron chi connectivity index (χ1n) is 6.41. The summed E-state index contributed by atoms with van der Waals surface area (Å²) in [6.45, 7) is 1.83. The largest absolute Gasteiger partial charge is 0.496 e. The summed E-state index contributed by atoms with van der Waals surface area (Å²) in [5.41, 5.74) is 1.23. The van der Waals surface area contributed by atoms with Crippen molar-refractivity contribution in [2.24, 2.45) is 0 Å². The van der Waals surface area contributed by atoms with Crippen LogP contribution in [0.2, 0.25) is 0 Å². The molecule has 106 valence electrons. The molecule has 2 aromatic rings. The lowest BCUT2D eigenvalue weighted by Crippen LogP contribution is -2.14. The molecule has 0 aromatic heterocycles. The van der Waals surface area contributed by atoms with Crippen LogP contribution in [0.25, 0.3) is 0 Å². The fraction of sp³-hybridized carbons (Fsp3) is 0.176. The van der Waals surface area contributed by atoms with E-state index in [0.29, 0.717) is 5.75 Å². The molecule has 0 radical (unpaired) electrons. The van der Waals surface area contributed by atoms with Crippen molar-refractivity contribution in [1.82, 2.24) is 0 Å². The molecule has 0 fully saturated rings. The maximum atomic E-state index is 13.8. The van der Waals surface area contributed by atoms with Gasteiger partial charge in [-0.25, -0.2) is 4.39 Å². The molecule has 0 aliphatic heterocycles. The van der Waals surface area contributed by atoms with Gasteiger partial charge >= 0.3 is 0 Å². The second-order valence-electron chi connectivity index (χ2n) is 4.65. The van der Waals surface area contributed by atoms with Gasteiger partial charge in [-0.15, -0.1) is 0 Å². The van der Waals surface area contributed by atoms with Crippen molar-refractivity contribution >= 4 is 5.78 Å². The normalized spacial score (nSPS) is 11.5. The van der Waals surface area contributed by atoms with Crippen LogP contribution in [0.1, 0.15) is 27.4 Å². The number of aryl methyl sites for hydroxylation is 1. The molecule has 0 amide bonds. The van der Waals surface area contributed by atoms with Crippen molar-refractivity contribution in [3.8, 4) is 11.8 Å². The number of ketones is 1. The zero-order valence-electron chi connectivity index (χ0n) is 11.8. The van der Waals surface area contributed by atoms with E-state index in [0.717, 1.165) is 5.56 Å². The molecule has 3 nitrogen and oxygen atoms in total. The smallest absolute Gasteiger partial charge is 0.188 e. The first-order valence-corrected chi connectivity index (χ1v) is 6.41. The minimum atomic E-state index is -1.19. The van der Waals surface area contributed by atoms with E-state index in [9.17, 15) is 14.4 Å². The third-order valence-corrected chi connectivity index (χ3v) is 3.23. The fourth-order valence-corrected chi connectivity index (χ4v) is 2.15. The fourth-order valence-electron chi connectivity index (χ4n) is 2.15. The molecule has 0 aliphatic rings. The highest BCUT2D eigenvalue weighted by atomic mass is 19.1. The van der Waals surface area contributed by atoms with Gasteiger partial charge < -0.3 is 4.74 Å². The van der Waals surface area contributed by atoms with Gasteiger partial charge in [0.05, 0.1) is 18.7 Å². The van der Waals surface area contributed by atoms with Gasteiger partial charge in [0.15, 0.2) is 5.78 Å². The van der Waals surface area contributed by atoms with Gasteiger partial charge in [0.2, 0.25) is 0 Å². The van der Waals surface area contributed by atoms with Gasteiger partial charge in [-0.05, 0) is 25.1 Å². The Morgan fingerprint density at radius 3 is 2.62 bits per heavy atom. The molecule has 0 heterocycles. The van der Waals surface area contributed by atoms with E-state index in [1.807, 2.05) is 13.0 Å². The maximum Gasteiger partial charge on any atom is 0.188 e. The number of halogens is 1. The van der Waals surface area contributed by atoms with E-state index in [-0.39, 0.29) is 11.1 Å². The van der Waals surface area contributed by atoms with E-state index in [1.54, 1.807) is 24.3 Å². The highest BCUT2D eigenvalue weighted by Crippen LogP contribution is 2.28. The monoisotopic (exact) mass is 283 g/mol. The maximum absolute atomic E-state index is 13.8. The Bertz CT molecular complexity index is 719. The summed E-state index contributed by atoms with van der Waals surface area (Å²) in [6.07, 6.45) is 0. The Balaban J connectivity index is 2.50. The van der Waals surface area contributed by atoms with Crippen LogP contribution in [-0.4, -0.2) is 12.9 Å². The summed E-state index contributed by atoms with van der Waals surface area (Å²) in [5.74, 6) is -1.85. The Morgan fingerprint density at radius 1 is 1.29 bits per heavy atom. The standard InChI is InChI=1S/C17H14FNO2/c1-11-7-8-16(21-2)13(9-11)17(20)14(10-19)12-5-3-4-6-15(12)18/h3-9,14H,1-2H3. The number of methoxy groups -OCH3 is 1.